The molecule has 0 N–H and O–H groups in total. The summed E-state index contributed by atoms with van der Waals surface area (Å²) < 4.78 is 11.4. The van der Waals surface area contributed by atoms with Gasteiger partial charge in [-0.1, -0.05) is 0 Å². The second-order valence-electron chi connectivity index (χ2n) is 3.79. The molecular weight excluding hydrogens is 272 g/mol. The summed E-state index contributed by atoms with van der Waals surface area (Å²) in [6.45, 7) is 0. The molecule has 1 aliphatic rings. The zero-order chi connectivity index (χ0) is 11.7. The molecule has 1 aromatic rings. The molecule has 4 heteroatoms. The van der Waals surface area contributed by atoms with Gasteiger partial charge in [0.15, 0.2) is 0 Å². The van der Waals surface area contributed by atoms with Crippen molar-refractivity contribution in [3.8, 4) is 11.5 Å². The maximum Gasteiger partial charge on any atom is 0.140 e. The van der Waals surface area contributed by atoms with E-state index in [1.165, 1.54) is 0 Å². The Morgan fingerprint density at radius 1 is 1.25 bits per heavy atom. The molecule has 0 saturated heterocycles. The lowest BCUT2D eigenvalue weighted by Gasteiger charge is -2.26. The molecular formula is C12H13BrO3. The van der Waals surface area contributed by atoms with Crippen LogP contribution in [0, 0.1) is 0 Å². The van der Waals surface area contributed by atoms with Crippen molar-refractivity contribution in [2.24, 2.45) is 0 Å². The molecule has 3 nitrogen and oxygen atoms in total. The molecule has 1 saturated carbocycles. The Labute approximate surface area is 103 Å². The first-order valence-electron chi connectivity index (χ1n) is 5.11. The summed E-state index contributed by atoms with van der Waals surface area (Å²) in [5.74, 6) is 1.74. The fourth-order valence-electron chi connectivity index (χ4n) is 1.89. The van der Waals surface area contributed by atoms with Gasteiger partial charge in [0.1, 0.15) is 17.3 Å². The van der Waals surface area contributed by atoms with Crippen molar-refractivity contribution in [3.63, 3.8) is 0 Å². The number of hydrogen-bond acceptors (Lipinski definition) is 3. The lowest BCUT2D eigenvalue weighted by atomic mass is 9.78. The van der Waals surface area contributed by atoms with Gasteiger partial charge in [-0.2, -0.15) is 0 Å². The van der Waals surface area contributed by atoms with E-state index in [1.54, 1.807) is 14.2 Å². The molecule has 0 bridgehead atoms. The van der Waals surface area contributed by atoms with Gasteiger partial charge in [-0.3, -0.25) is 4.79 Å². The number of ketones is 1. The van der Waals surface area contributed by atoms with Gasteiger partial charge in [0.05, 0.1) is 18.7 Å². The number of Topliss-reactive ketones (excluding diaryl/α,β-unsaturated/α-hetero) is 1. The van der Waals surface area contributed by atoms with Crippen LogP contribution in [0.5, 0.6) is 11.5 Å². The average molecular weight is 285 g/mol. The largest absolute Gasteiger partial charge is 0.496 e. The molecule has 0 spiro atoms. The first-order valence-corrected chi connectivity index (χ1v) is 5.90. The van der Waals surface area contributed by atoms with Crippen LogP contribution in [0.25, 0.3) is 0 Å². The second-order valence-corrected chi connectivity index (χ2v) is 4.64. The van der Waals surface area contributed by atoms with Gasteiger partial charge in [-0.05, 0) is 34.5 Å². The Hall–Kier alpha value is -1.03. The molecule has 0 heterocycles. The van der Waals surface area contributed by atoms with Crippen molar-refractivity contribution in [1.29, 1.82) is 0 Å². The van der Waals surface area contributed by atoms with E-state index in [9.17, 15) is 4.79 Å². The standard InChI is InChI=1S/C12H13BrO3/c1-15-11-6-9(13)12(16-2)5-8(11)7-3-4-10(7)14/h5-7H,3-4H2,1-2H3. The van der Waals surface area contributed by atoms with Crippen LogP contribution in [0.15, 0.2) is 16.6 Å². The topological polar surface area (TPSA) is 35.5 Å². The lowest BCUT2D eigenvalue weighted by Crippen LogP contribution is -2.23. The highest BCUT2D eigenvalue weighted by Crippen LogP contribution is 2.42. The Kier molecular flexibility index (Phi) is 3.19. The van der Waals surface area contributed by atoms with Gasteiger partial charge in [0, 0.05) is 17.9 Å². The van der Waals surface area contributed by atoms with E-state index in [0.717, 1.165) is 28.0 Å². The van der Waals surface area contributed by atoms with Gasteiger partial charge in [-0.15, -0.1) is 0 Å². The van der Waals surface area contributed by atoms with Crippen molar-refractivity contribution in [2.75, 3.05) is 14.2 Å². The average Bonchev–Trinajstić information content (AvgIpc) is 2.28. The van der Waals surface area contributed by atoms with Crippen molar-refractivity contribution >= 4 is 21.7 Å². The third-order valence-corrected chi connectivity index (χ3v) is 3.57. The number of carbonyl (C=O) groups is 1. The quantitative estimate of drug-likeness (QED) is 0.856. The molecule has 1 atom stereocenters. The highest BCUT2D eigenvalue weighted by atomic mass is 79.9. The predicted molar refractivity (Wildman–Crippen MR) is 64.2 cm³/mol. The summed E-state index contributed by atoms with van der Waals surface area (Å²) in [5.41, 5.74) is 0.929. The Bertz CT molecular complexity index is 429. The SMILES string of the molecule is COc1cc(C2CCC2=O)c(OC)cc1Br. The predicted octanol–water partition coefficient (Wildman–Crippen LogP) is 2.91. The molecule has 0 aliphatic heterocycles. The third-order valence-electron chi connectivity index (χ3n) is 2.95. The molecule has 0 amide bonds. The molecule has 1 fully saturated rings. The monoisotopic (exact) mass is 284 g/mol. The van der Waals surface area contributed by atoms with Crippen LogP contribution in [-0.2, 0) is 4.79 Å². The van der Waals surface area contributed by atoms with Gasteiger partial charge in [0.25, 0.3) is 0 Å². The van der Waals surface area contributed by atoms with Crippen molar-refractivity contribution in [1.82, 2.24) is 0 Å². The van der Waals surface area contributed by atoms with Crippen LogP contribution in [0.4, 0.5) is 0 Å². The minimum atomic E-state index is -0.0167. The van der Waals surface area contributed by atoms with Gasteiger partial charge < -0.3 is 9.47 Å². The van der Waals surface area contributed by atoms with Gasteiger partial charge in [-0.25, -0.2) is 0 Å². The zero-order valence-electron chi connectivity index (χ0n) is 9.25. The second kappa shape index (κ2) is 4.45. The Balaban J connectivity index is 2.45. The molecule has 0 radical (unpaired) electrons. The highest BCUT2D eigenvalue weighted by Gasteiger charge is 2.32. The zero-order valence-corrected chi connectivity index (χ0v) is 10.8. The van der Waals surface area contributed by atoms with Crippen LogP contribution in [0.1, 0.15) is 24.3 Å². The molecule has 16 heavy (non-hydrogen) atoms. The van der Waals surface area contributed by atoms with Crippen LogP contribution in [0.3, 0.4) is 0 Å². The summed E-state index contributed by atoms with van der Waals surface area (Å²) in [7, 11) is 3.22. The fourth-order valence-corrected chi connectivity index (χ4v) is 2.38. The fraction of sp³-hybridized carbons (Fsp3) is 0.417. The van der Waals surface area contributed by atoms with E-state index in [2.05, 4.69) is 15.9 Å². The molecule has 2 rings (SSSR count). The third kappa shape index (κ3) is 1.82. The molecule has 1 aromatic carbocycles. The van der Waals surface area contributed by atoms with E-state index in [0.29, 0.717) is 6.42 Å². The highest BCUT2D eigenvalue weighted by molar-refractivity contribution is 9.10. The Morgan fingerprint density at radius 2 is 1.94 bits per heavy atom. The van der Waals surface area contributed by atoms with Gasteiger partial charge >= 0.3 is 0 Å². The number of hydrogen-bond donors (Lipinski definition) is 0. The first-order chi connectivity index (χ1) is 7.67. The number of halogens is 1. The molecule has 0 aromatic heterocycles. The van der Waals surface area contributed by atoms with Crippen molar-refractivity contribution < 1.29 is 14.3 Å². The number of benzene rings is 1. The van der Waals surface area contributed by atoms with E-state index in [-0.39, 0.29) is 11.7 Å². The summed E-state index contributed by atoms with van der Waals surface area (Å²) in [6, 6.07) is 3.73. The van der Waals surface area contributed by atoms with E-state index in [1.807, 2.05) is 12.1 Å². The van der Waals surface area contributed by atoms with Crippen LogP contribution < -0.4 is 9.47 Å². The smallest absolute Gasteiger partial charge is 0.140 e. The van der Waals surface area contributed by atoms with Crippen LogP contribution in [0.2, 0.25) is 0 Å². The van der Waals surface area contributed by atoms with Crippen LogP contribution >= 0.6 is 15.9 Å². The Morgan fingerprint density at radius 3 is 2.38 bits per heavy atom. The summed E-state index contributed by atoms with van der Waals surface area (Å²) in [6.07, 6.45) is 1.58. The van der Waals surface area contributed by atoms with Gasteiger partial charge in [0.2, 0.25) is 0 Å². The summed E-state index contributed by atoms with van der Waals surface area (Å²) in [4.78, 5) is 11.5. The number of rotatable bonds is 3. The minimum Gasteiger partial charge on any atom is -0.496 e. The van der Waals surface area contributed by atoms with Crippen LogP contribution in [-0.4, -0.2) is 20.0 Å². The van der Waals surface area contributed by atoms with E-state index < -0.39 is 0 Å². The van der Waals surface area contributed by atoms with Crippen molar-refractivity contribution in [3.05, 3.63) is 22.2 Å². The maximum atomic E-state index is 11.5. The van der Waals surface area contributed by atoms with Crippen molar-refractivity contribution in [2.45, 2.75) is 18.8 Å². The van der Waals surface area contributed by atoms with E-state index >= 15 is 0 Å². The number of carbonyl (C=O) groups excluding carboxylic acids is 1. The van der Waals surface area contributed by atoms with E-state index in [4.69, 9.17) is 9.47 Å². The lowest BCUT2D eigenvalue weighted by molar-refractivity contribution is -0.125. The maximum absolute atomic E-state index is 11.5. The summed E-state index contributed by atoms with van der Waals surface area (Å²) >= 11 is 3.40. The summed E-state index contributed by atoms with van der Waals surface area (Å²) in [5, 5.41) is 0. The number of ether oxygens (including phenoxy) is 2. The first kappa shape index (κ1) is 11.5. The normalized spacial score (nSPS) is 19.2. The minimum absolute atomic E-state index is 0.0167. The molecule has 86 valence electrons. The molecule has 1 unspecified atom stereocenters. The molecule has 1 aliphatic carbocycles. The number of methoxy groups -OCH3 is 2.